The van der Waals surface area contributed by atoms with E-state index in [4.69, 9.17) is 0 Å². The summed E-state index contributed by atoms with van der Waals surface area (Å²) in [5, 5.41) is 2.56. The van der Waals surface area contributed by atoms with Gasteiger partial charge in [-0.1, -0.05) is 164 Å². The molecule has 0 aliphatic carbocycles. The van der Waals surface area contributed by atoms with Crippen molar-refractivity contribution in [2.75, 3.05) is 9.80 Å². The predicted molar refractivity (Wildman–Crippen MR) is 245 cm³/mol. The van der Waals surface area contributed by atoms with Crippen molar-refractivity contribution in [3.05, 3.63) is 231 Å². The van der Waals surface area contributed by atoms with Crippen molar-refractivity contribution < 1.29 is 0 Å². The van der Waals surface area contributed by atoms with E-state index in [1.165, 1.54) is 42.4 Å². The maximum Gasteiger partial charge on any atom is 0.0567 e. The molecule has 0 unspecified atom stereocenters. The summed E-state index contributed by atoms with van der Waals surface area (Å²) in [6.07, 6.45) is 0. The highest BCUT2D eigenvalue weighted by atomic mass is 32.1. The number of para-hydroxylation sites is 4. The van der Waals surface area contributed by atoms with E-state index >= 15 is 0 Å². The third-order valence-electron chi connectivity index (χ3n) is 10.6. The van der Waals surface area contributed by atoms with E-state index in [9.17, 15) is 0 Å². The van der Waals surface area contributed by atoms with E-state index in [1.807, 2.05) is 11.3 Å². The molecule has 1 aromatic heterocycles. The molecule has 57 heavy (non-hydrogen) atoms. The van der Waals surface area contributed by atoms with Crippen molar-refractivity contribution in [1.29, 1.82) is 0 Å². The van der Waals surface area contributed by atoms with Gasteiger partial charge in [0.15, 0.2) is 0 Å². The van der Waals surface area contributed by atoms with E-state index in [-0.39, 0.29) is 0 Å². The fraction of sp³-hybridized carbons (Fsp3) is 0. The lowest BCUT2D eigenvalue weighted by Gasteiger charge is -2.33. The Morgan fingerprint density at radius 2 is 0.754 bits per heavy atom. The fourth-order valence-corrected chi connectivity index (χ4v) is 9.36. The molecule has 3 heteroatoms. The number of fused-ring (bicyclic) bond motifs is 3. The molecule has 9 aromatic carbocycles. The zero-order valence-corrected chi connectivity index (χ0v) is 32.1. The van der Waals surface area contributed by atoms with Crippen LogP contribution in [0.2, 0.25) is 0 Å². The van der Waals surface area contributed by atoms with Crippen LogP contribution >= 0.6 is 11.3 Å². The van der Waals surface area contributed by atoms with Gasteiger partial charge in [-0.25, -0.2) is 0 Å². The van der Waals surface area contributed by atoms with Gasteiger partial charge in [0.2, 0.25) is 0 Å². The zero-order valence-electron chi connectivity index (χ0n) is 31.2. The van der Waals surface area contributed by atoms with E-state index in [0.717, 1.165) is 45.3 Å². The molecule has 0 radical (unpaired) electrons. The Bertz CT molecular complexity index is 2860. The summed E-state index contributed by atoms with van der Waals surface area (Å²) in [4.78, 5) is 4.82. The summed E-state index contributed by atoms with van der Waals surface area (Å²) in [6, 6.07) is 83.1. The Morgan fingerprint density at radius 3 is 1.35 bits per heavy atom. The quantitative estimate of drug-likeness (QED) is 0.145. The first kappa shape index (κ1) is 34.3. The van der Waals surface area contributed by atoms with Gasteiger partial charge in [0.25, 0.3) is 0 Å². The second-order valence-corrected chi connectivity index (χ2v) is 15.1. The molecule has 0 amide bonds. The van der Waals surface area contributed by atoms with Crippen molar-refractivity contribution >= 4 is 65.6 Å². The largest absolute Gasteiger partial charge is 0.310 e. The van der Waals surface area contributed by atoms with E-state index in [1.54, 1.807) is 0 Å². The average Bonchev–Trinajstić information content (AvgIpc) is 3.67. The van der Waals surface area contributed by atoms with Gasteiger partial charge in [-0.05, 0) is 89.0 Å². The minimum Gasteiger partial charge on any atom is -0.310 e. The lowest BCUT2D eigenvalue weighted by Crippen LogP contribution is -2.15. The molecular weight excluding hydrogens is 709 g/mol. The van der Waals surface area contributed by atoms with Crippen molar-refractivity contribution in [1.82, 2.24) is 0 Å². The highest BCUT2D eigenvalue weighted by molar-refractivity contribution is 7.26. The van der Waals surface area contributed by atoms with Crippen LogP contribution in [0.5, 0.6) is 0 Å². The van der Waals surface area contributed by atoms with Gasteiger partial charge in [-0.2, -0.15) is 0 Å². The van der Waals surface area contributed by atoms with Crippen LogP contribution in [0.3, 0.4) is 0 Å². The van der Waals surface area contributed by atoms with Gasteiger partial charge < -0.3 is 9.80 Å². The zero-order chi connectivity index (χ0) is 38.0. The van der Waals surface area contributed by atoms with E-state index < -0.39 is 0 Å². The first-order chi connectivity index (χ1) is 28.3. The number of benzene rings is 9. The molecule has 2 nitrogen and oxygen atoms in total. The van der Waals surface area contributed by atoms with Crippen LogP contribution in [0.15, 0.2) is 231 Å². The minimum absolute atomic E-state index is 1.06. The second kappa shape index (κ2) is 15.1. The third-order valence-corrected chi connectivity index (χ3v) is 11.9. The Labute approximate surface area is 337 Å². The fourth-order valence-electron chi connectivity index (χ4n) is 8.13. The van der Waals surface area contributed by atoms with Crippen LogP contribution in [0.1, 0.15) is 0 Å². The molecule has 0 aliphatic heterocycles. The number of nitrogens with zero attached hydrogens (tertiary/aromatic N) is 2. The number of anilines is 6. The maximum absolute atomic E-state index is 2.43. The monoisotopic (exact) mass is 746 g/mol. The predicted octanol–water partition coefficient (Wildman–Crippen LogP) is 16.0. The average molecular weight is 747 g/mol. The molecule has 0 fully saturated rings. The van der Waals surface area contributed by atoms with Crippen LogP contribution in [0, 0.1) is 0 Å². The van der Waals surface area contributed by atoms with E-state index in [2.05, 4.69) is 240 Å². The number of hydrogen-bond acceptors (Lipinski definition) is 3. The SMILES string of the molecule is c1ccc(-c2ccccc2-c2c(-c3cccc4c3sc3ccccc34)cc(N(c3ccccc3)c3ccccc3)cc2N(c2ccccc2)c2ccccc2)cc1. The molecule has 10 aromatic rings. The van der Waals surface area contributed by atoms with Crippen molar-refractivity contribution in [2.45, 2.75) is 0 Å². The van der Waals surface area contributed by atoms with Crippen molar-refractivity contribution in [3.8, 4) is 33.4 Å². The third kappa shape index (κ3) is 6.44. The van der Waals surface area contributed by atoms with Crippen LogP contribution in [-0.2, 0) is 0 Å². The summed E-state index contributed by atoms with van der Waals surface area (Å²) < 4.78 is 2.56. The smallest absolute Gasteiger partial charge is 0.0567 e. The molecule has 0 bridgehead atoms. The van der Waals surface area contributed by atoms with Gasteiger partial charge in [0.05, 0.1) is 5.69 Å². The molecule has 0 N–H and O–H groups in total. The van der Waals surface area contributed by atoms with Gasteiger partial charge in [0.1, 0.15) is 0 Å². The van der Waals surface area contributed by atoms with Crippen LogP contribution in [0.25, 0.3) is 53.6 Å². The molecule has 1 heterocycles. The molecule has 0 atom stereocenters. The summed E-state index contributed by atoms with van der Waals surface area (Å²) in [5.41, 5.74) is 13.5. The molecule has 0 aliphatic rings. The van der Waals surface area contributed by atoms with Crippen LogP contribution in [-0.4, -0.2) is 0 Å². The highest BCUT2D eigenvalue weighted by Gasteiger charge is 2.27. The highest BCUT2D eigenvalue weighted by Crippen LogP contribution is 2.53. The lowest BCUT2D eigenvalue weighted by molar-refractivity contribution is 1.25. The lowest BCUT2D eigenvalue weighted by atomic mass is 9.86. The molecule has 0 spiro atoms. The summed E-state index contributed by atoms with van der Waals surface area (Å²) >= 11 is 1.87. The van der Waals surface area contributed by atoms with Gasteiger partial charge in [-0.3, -0.25) is 0 Å². The molecule has 0 saturated heterocycles. The maximum atomic E-state index is 2.43. The first-order valence-corrected chi connectivity index (χ1v) is 20.2. The number of rotatable bonds is 9. The Balaban J connectivity index is 1.40. The molecule has 10 rings (SSSR count). The topological polar surface area (TPSA) is 6.48 Å². The molecule has 0 saturated carbocycles. The number of thiophene rings is 1. The Morgan fingerprint density at radius 1 is 0.298 bits per heavy atom. The standard InChI is InChI=1S/C54H38N2S/c1-6-21-39(22-7-1)45-31-16-17-33-47(45)53-50(49-35-20-34-48-46-32-18-19-36-52(46)57-54(48)49)37-44(55(40-23-8-2-9-24-40)41-25-10-3-11-26-41)38-51(53)56(42-27-12-4-13-28-42)43-29-14-5-15-30-43/h1-38H. The number of hydrogen-bond donors (Lipinski definition) is 0. The summed E-state index contributed by atoms with van der Waals surface area (Å²) in [7, 11) is 0. The minimum atomic E-state index is 1.06. The molecular formula is C54H38N2S. The van der Waals surface area contributed by atoms with Crippen LogP contribution in [0.4, 0.5) is 34.1 Å². The van der Waals surface area contributed by atoms with Gasteiger partial charge in [0, 0.05) is 59.7 Å². The second-order valence-electron chi connectivity index (χ2n) is 14.1. The normalized spacial score (nSPS) is 11.2. The Hall–Kier alpha value is -7.20. The summed E-state index contributed by atoms with van der Waals surface area (Å²) in [5.74, 6) is 0. The first-order valence-electron chi connectivity index (χ1n) is 19.4. The van der Waals surface area contributed by atoms with Gasteiger partial charge in [-0.15, -0.1) is 11.3 Å². The van der Waals surface area contributed by atoms with Crippen molar-refractivity contribution in [3.63, 3.8) is 0 Å². The summed E-state index contributed by atoms with van der Waals surface area (Å²) in [6.45, 7) is 0. The molecule has 270 valence electrons. The van der Waals surface area contributed by atoms with Crippen LogP contribution < -0.4 is 9.80 Å². The van der Waals surface area contributed by atoms with Gasteiger partial charge >= 0.3 is 0 Å². The Kier molecular flexibility index (Phi) is 9.11. The van der Waals surface area contributed by atoms with E-state index in [0.29, 0.717) is 0 Å². The van der Waals surface area contributed by atoms with Crippen molar-refractivity contribution in [2.24, 2.45) is 0 Å².